The maximum absolute atomic E-state index is 3.78. The molecule has 2 aromatic carbocycles. The van der Waals surface area contributed by atoms with Gasteiger partial charge in [-0.25, -0.2) is 0 Å². The number of benzene rings is 2. The summed E-state index contributed by atoms with van der Waals surface area (Å²) in [7, 11) is 0. The molecule has 2 aromatic rings. The zero-order valence-electron chi connectivity index (χ0n) is 13.5. The van der Waals surface area contributed by atoms with Gasteiger partial charge in [-0.2, -0.15) is 0 Å². The molecule has 0 radical (unpaired) electrons. The lowest BCUT2D eigenvalue weighted by atomic mass is 9.84. The Morgan fingerprint density at radius 1 is 1.10 bits per heavy atom. The molecule has 0 bridgehead atoms. The van der Waals surface area contributed by atoms with Crippen LogP contribution in [0.2, 0.25) is 0 Å². The first-order valence-electron chi connectivity index (χ1n) is 8.00. The zero-order chi connectivity index (χ0) is 15.0. The van der Waals surface area contributed by atoms with E-state index in [0.29, 0.717) is 18.0 Å². The SMILES string of the molecule is Cc1cccc(C2NC(C)Cc3ccc(C(C)C)cc32)c1. The predicted octanol–water partition coefficient (Wildman–Crippen LogP) is 4.74. The van der Waals surface area contributed by atoms with Crippen LogP contribution in [0.25, 0.3) is 0 Å². The van der Waals surface area contributed by atoms with Gasteiger partial charge in [0.15, 0.2) is 0 Å². The highest BCUT2D eigenvalue weighted by molar-refractivity contribution is 5.43. The van der Waals surface area contributed by atoms with Gasteiger partial charge in [0.2, 0.25) is 0 Å². The Kier molecular flexibility index (Phi) is 3.86. The highest BCUT2D eigenvalue weighted by Gasteiger charge is 2.25. The number of fused-ring (bicyclic) bond motifs is 1. The minimum Gasteiger partial charge on any atom is -0.303 e. The van der Waals surface area contributed by atoms with E-state index < -0.39 is 0 Å². The fourth-order valence-corrected chi connectivity index (χ4v) is 3.32. The summed E-state index contributed by atoms with van der Waals surface area (Å²) in [6, 6.07) is 16.8. The monoisotopic (exact) mass is 279 g/mol. The summed E-state index contributed by atoms with van der Waals surface area (Å²) in [6.07, 6.45) is 1.12. The van der Waals surface area contributed by atoms with E-state index in [9.17, 15) is 0 Å². The van der Waals surface area contributed by atoms with E-state index in [4.69, 9.17) is 0 Å². The smallest absolute Gasteiger partial charge is 0.0581 e. The van der Waals surface area contributed by atoms with Crippen LogP contribution in [0.3, 0.4) is 0 Å². The van der Waals surface area contributed by atoms with Gasteiger partial charge in [0.25, 0.3) is 0 Å². The van der Waals surface area contributed by atoms with Crippen LogP contribution in [0.5, 0.6) is 0 Å². The van der Waals surface area contributed by atoms with E-state index >= 15 is 0 Å². The Bertz CT molecular complexity index is 642. The molecule has 0 fully saturated rings. The van der Waals surface area contributed by atoms with Crippen molar-refractivity contribution >= 4 is 0 Å². The van der Waals surface area contributed by atoms with Crippen molar-refractivity contribution in [1.29, 1.82) is 0 Å². The third kappa shape index (κ3) is 2.89. The van der Waals surface area contributed by atoms with Crippen LogP contribution in [-0.4, -0.2) is 6.04 Å². The molecular weight excluding hydrogens is 254 g/mol. The summed E-state index contributed by atoms with van der Waals surface area (Å²) in [5.74, 6) is 0.577. The third-order valence-corrected chi connectivity index (χ3v) is 4.50. The Hall–Kier alpha value is -1.60. The van der Waals surface area contributed by atoms with E-state index in [2.05, 4.69) is 75.5 Å². The lowest BCUT2D eigenvalue weighted by Gasteiger charge is -2.33. The molecule has 1 N–H and O–H groups in total. The van der Waals surface area contributed by atoms with Gasteiger partial charge >= 0.3 is 0 Å². The van der Waals surface area contributed by atoms with E-state index in [1.54, 1.807) is 0 Å². The second-order valence-corrected chi connectivity index (χ2v) is 6.73. The lowest BCUT2D eigenvalue weighted by molar-refractivity contribution is 0.463. The van der Waals surface area contributed by atoms with Crippen molar-refractivity contribution in [2.45, 2.75) is 52.1 Å². The summed E-state index contributed by atoms with van der Waals surface area (Å²) < 4.78 is 0. The fraction of sp³-hybridized carbons (Fsp3) is 0.400. The van der Waals surface area contributed by atoms with Crippen molar-refractivity contribution in [3.05, 3.63) is 70.3 Å². The average molecular weight is 279 g/mol. The third-order valence-electron chi connectivity index (χ3n) is 4.50. The van der Waals surface area contributed by atoms with E-state index in [1.165, 1.54) is 27.8 Å². The van der Waals surface area contributed by atoms with Gasteiger partial charge < -0.3 is 5.32 Å². The minimum atomic E-state index is 0.322. The van der Waals surface area contributed by atoms with Gasteiger partial charge in [-0.3, -0.25) is 0 Å². The Morgan fingerprint density at radius 2 is 1.90 bits per heavy atom. The summed E-state index contributed by atoms with van der Waals surface area (Å²) in [4.78, 5) is 0. The second-order valence-electron chi connectivity index (χ2n) is 6.73. The van der Waals surface area contributed by atoms with Crippen molar-refractivity contribution in [2.75, 3.05) is 0 Å². The van der Waals surface area contributed by atoms with Gasteiger partial charge in [-0.15, -0.1) is 0 Å². The van der Waals surface area contributed by atoms with Crippen LogP contribution in [0.15, 0.2) is 42.5 Å². The lowest BCUT2D eigenvalue weighted by Crippen LogP contribution is -2.38. The average Bonchev–Trinajstić information content (AvgIpc) is 2.45. The molecule has 21 heavy (non-hydrogen) atoms. The molecule has 0 saturated carbocycles. The number of rotatable bonds is 2. The maximum Gasteiger partial charge on any atom is 0.0581 e. The predicted molar refractivity (Wildman–Crippen MR) is 89.9 cm³/mol. The molecule has 2 atom stereocenters. The molecule has 0 saturated heterocycles. The first-order valence-corrected chi connectivity index (χ1v) is 8.00. The zero-order valence-corrected chi connectivity index (χ0v) is 13.5. The molecule has 1 heterocycles. The van der Waals surface area contributed by atoms with Crippen molar-refractivity contribution in [1.82, 2.24) is 5.32 Å². The van der Waals surface area contributed by atoms with E-state index in [0.717, 1.165) is 6.42 Å². The molecule has 1 aliphatic heterocycles. The van der Waals surface area contributed by atoms with E-state index in [-0.39, 0.29) is 0 Å². The van der Waals surface area contributed by atoms with Gasteiger partial charge in [-0.1, -0.05) is 61.9 Å². The minimum absolute atomic E-state index is 0.322. The Labute approximate surface area is 128 Å². The van der Waals surface area contributed by atoms with Crippen molar-refractivity contribution in [3.8, 4) is 0 Å². The largest absolute Gasteiger partial charge is 0.303 e. The standard InChI is InChI=1S/C20H25N/c1-13(2)16-8-9-17-11-15(4)21-20(19(17)12-16)18-7-5-6-14(3)10-18/h5-10,12-13,15,20-21H,11H2,1-4H3. The molecular formula is C20H25N. The molecule has 0 spiro atoms. The molecule has 3 rings (SSSR count). The Morgan fingerprint density at radius 3 is 2.62 bits per heavy atom. The summed E-state index contributed by atoms with van der Waals surface area (Å²) in [5, 5.41) is 3.78. The summed E-state index contributed by atoms with van der Waals surface area (Å²) >= 11 is 0. The van der Waals surface area contributed by atoms with Crippen LogP contribution in [0, 0.1) is 6.92 Å². The molecule has 110 valence electrons. The fourth-order valence-electron chi connectivity index (χ4n) is 3.32. The van der Waals surface area contributed by atoms with Gasteiger partial charge in [0.1, 0.15) is 0 Å². The van der Waals surface area contributed by atoms with Crippen molar-refractivity contribution in [2.24, 2.45) is 0 Å². The van der Waals surface area contributed by atoms with Crippen LogP contribution >= 0.6 is 0 Å². The summed E-state index contributed by atoms with van der Waals surface area (Å²) in [6.45, 7) is 8.98. The molecule has 1 nitrogen and oxygen atoms in total. The molecule has 0 aliphatic carbocycles. The number of nitrogens with one attached hydrogen (secondary N) is 1. The first-order chi connectivity index (χ1) is 10.0. The molecule has 1 heteroatoms. The number of hydrogen-bond donors (Lipinski definition) is 1. The molecule has 0 aromatic heterocycles. The topological polar surface area (TPSA) is 12.0 Å². The van der Waals surface area contributed by atoms with Crippen LogP contribution in [0.1, 0.15) is 60.5 Å². The highest BCUT2D eigenvalue weighted by Crippen LogP contribution is 2.33. The molecule has 0 amide bonds. The van der Waals surface area contributed by atoms with Gasteiger partial charge in [-0.05, 0) is 48.4 Å². The second kappa shape index (κ2) is 5.65. The normalized spacial score (nSPS) is 21.4. The maximum atomic E-state index is 3.78. The first kappa shape index (κ1) is 14.3. The number of aryl methyl sites for hydroxylation is 1. The molecule has 2 unspecified atom stereocenters. The highest BCUT2D eigenvalue weighted by atomic mass is 15.0. The van der Waals surface area contributed by atoms with Crippen molar-refractivity contribution in [3.63, 3.8) is 0 Å². The number of hydrogen-bond acceptors (Lipinski definition) is 1. The van der Waals surface area contributed by atoms with Gasteiger partial charge in [0.05, 0.1) is 6.04 Å². The quantitative estimate of drug-likeness (QED) is 0.837. The van der Waals surface area contributed by atoms with E-state index in [1.807, 2.05) is 0 Å². The van der Waals surface area contributed by atoms with Crippen LogP contribution in [-0.2, 0) is 6.42 Å². The van der Waals surface area contributed by atoms with Gasteiger partial charge in [0, 0.05) is 6.04 Å². The van der Waals surface area contributed by atoms with Crippen LogP contribution in [0.4, 0.5) is 0 Å². The van der Waals surface area contributed by atoms with Crippen LogP contribution < -0.4 is 5.32 Å². The Balaban J connectivity index is 2.09. The summed E-state index contributed by atoms with van der Waals surface area (Å²) in [5.41, 5.74) is 7.10. The van der Waals surface area contributed by atoms with Crippen molar-refractivity contribution < 1.29 is 0 Å². The molecule has 1 aliphatic rings.